The van der Waals surface area contributed by atoms with Gasteiger partial charge in [0, 0.05) is 13.1 Å². The molecule has 1 saturated heterocycles. The van der Waals surface area contributed by atoms with Gasteiger partial charge in [0.05, 0.1) is 5.37 Å². The first kappa shape index (κ1) is 12.8. The molecule has 1 heterocycles. The molecular formula is C17H19NS. The summed E-state index contributed by atoms with van der Waals surface area (Å²) >= 11 is 2.07. The van der Waals surface area contributed by atoms with Crippen molar-refractivity contribution >= 4 is 11.8 Å². The molecule has 1 aliphatic rings. The fourth-order valence-electron chi connectivity index (χ4n) is 2.59. The van der Waals surface area contributed by atoms with Crippen molar-refractivity contribution in [3.8, 4) is 0 Å². The second-order valence-corrected chi connectivity index (χ2v) is 6.13. The van der Waals surface area contributed by atoms with E-state index in [-0.39, 0.29) is 0 Å². The number of benzene rings is 2. The predicted molar refractivity (Wildman–Crippen MR) is 83.1 cm³/mol. The summed E-state index contributed by atoms with van der Waals surface area (Å²) in [4.78, 5) is 2.60. The van der Waals surface area contributed by atoms with Crippen LogP contribution in [-0.2, 0) is 6.54 Å². The zero-order chi connectivity index (χ0) is 12.9. The molecule has 0 bridgehead atoms. The summed E-state index contributed by atoms with van der Waals surface area (Å²) in [5.74, 6) is 1.27. The van der Waals surface area contributed by atoms with Gasteiger partial charge in [-0.2, -0.15) is 0 Å². The summed E-state index contributed by atoms with van der Waals surface area (Å²) in [5, 5.41) is 0.509. The van der Waals surface area contributed by atoms with Crippen LogP contribution in [0.3, 0.4) is 0 Å². The van der Waals surface area contributed by atoms with Crippen LogP contribution in [0.1, 0.15) is 22.9 Å². The minimum Gasteiger partial charge on any atom is -0.283 e. The van der Waals surface area contributed by atoms with Crippen molar-refractivity contribution in [3.05, 3.63) is 71.8 Å². The maximum Gasteiger partial charge on any atom is 0.0817 e. The highest BCUT2D eigenvalue weighted by Crippen LogP contribution is 2.37. The monoisotopic (exact) mass is 269 g/mol. The van der Waals surface area contributed by atoms with E-state index in [4.69, 9.17) is 0 Å². The van der Waals surface area contributed by atoms with Crippen LogP contribution >= 0.6 is 11.8 Å². The van der Waals surface area contributed by atoms with E-state index < -0.39 is 0 Å². The van der Waals surface area contributed by atoms with Crippen LogP contribution in [0.5, 0.6) is 0 Å². The van der Waals surface area contributed by atoms with E-state index >= 15 is 0 Å². The smallest absolute Gasteiger partial charge is 0.0817 e. The number of hydrogen-bond acceptors (Lipinski definition) is 2. The Morgan fingerprint density at radius 3 is 2.37 bits per heavy atom. The third-order valence-electron chi connectivity index (χ3n) is 3.51. The fourth-order valence-corrected chi connectivity index (χ4v) is 3.85. The van der Waals surface area contributed by atoms with E-state index in [0.29, 0.717) is 5.37 Å². The van der Waals surface area contributed by atoms with E-state index in [0.717, 1.165) is 6.54 Å². The Hall–Kier alpha value is -1.25. The lowest BCUT2D eigenvalue weighted by molar-refractivity contribution is 0.242. The second-order valence-electron chi connectivity index (χ2n) is 4.94. The Kier molecular flexibility index (Phi) is 4.21. The van der Waals surface area contributed by atoms with Gasteiger partial charge in [0.25, 0.3) is 0 Å². The van der Waals surface area contributed by atoms with Crippen molar-refractivity contribution in [2.24, 2.45) is 0 Å². The highest BCUT2D eigenvalue weighted by molar-refractivity contribution is 7.99. The van der Waals surface area contributed by atoms with E-state index in [1.165, 1.54) is 29.8 Å². The van der Waals surface area contributed by atoms with Crippen LogP contribution in [0.25, 0.3) is 0 Å². The van der Waals surface area contributed by atoms with Gasteiger partial charge in [-0.15, -0.1) is 11.8 Å². The molecule has 1 nitrogen and oxygen atoms in total. The minimum absolute atomic E-state index is 0.509. The molecule has 2 aromatic carbocycles. The fraction of sp³-hybridized carbons (Fsp3) is 0.294. The zero-order valence-electron chi connectivity index (χ0n) is 11.0. The van der Waals surface area contributed by atoms with Gasteiger partial charge < -0.3 is 0 Å². The van der Waals surface area contributed by atoms with Gasteiger partial charge in [-0.25, -0.2) is 0 Å². The first-order valence-corrected chi connectivity index (χ1v) is 7.93. The van der Waals surface area contributed by atoms with E-state index in [1.807, 2.05) is 0 Å². The van der Waals surface area contributed by atoms with Crippen molar-refractivity contribution in [3.63, 3.8) is 0 Å². The molecule has 0 aromatic heterocycles. The van der Waals surface area contributed by atoms with Crippen LogP contribution in [0, 0.1) is 0 Å². The Bertz CT molecular complexity index is 497. The highest BCUT2D eigenvalue weighted by Gasteiger charge is 2.24. The Balaban J connectivity index is 1.78. The Morgan fingerprint density at radius 2 is 1.63 bits per heavy atom. The Morgan fingerprint density at radius 1 is 0.947 bits per heavy atom. The summed E-state index contributed by atoms with van der Waals surface area (Å²) in [6.07, 6.45) is 1.29. The van der Waals surface area contributed by atoms with Crippen LogP contribution in [0.15, 0.2) is 60.7 Å². The van der Waals surface area contributed by atoms with Crippen LogP contribution in [0.4, 0.5) is 0 Å². The van der Waals surface area contributed by atoms with E-state index in [9.17, 15) is 0 Å². The molecular weight excluding hydrogens is 250 g/mol. The third kappa shape index (κ3) is 3.20. The molecule has 0 amide bonds. The van der Waals surface area contributed by atoms with Gasteiger partial charge in [0.1, 0.15) is 0 Å². The first-order chi connectivity index (χ1) is 9.43. The first-order valence-electron chi connectivity index (χ1n) is 6.88. The molecule has 98 valence electrons. The summed E-state index contributed by atoms with van der Waals surface area (Å²) in [6.45, 7) is 2.24. The normalized spacial score (nSPS) is 20.3. The molecule has 2 aromatic rings. The number of rotatable bonds is 3. The van der Waals surface area contributed by atoms with Gasteiger partial charge in [-0.05, 0) is 23.3 Å². The molecule has 0 saturated carbocycles. The third-order valence-corrected chi connectivity index (χ3v) is 4.92. The number of nitrogens with zero attached hydrogens (tertiary/aromatic N) is 1. The van der Waals surface area contributed by atoms with Crippen molar-refractivity contribution < 1.29 is 0 Å². The van der Waals surface area contributed by atoms with Crippen molar-refractivity contribution in [2.45, 2.75) is 18.3 Å². The van der Waals surface area contributed by atoms with Crippen LogP contribution < -0.4 is 0 Å². The molecule has 1 fully saturated rings. The topological polar surface area (TPSA) is 3.24 Å². The lowest BCUT2D eigenvalue weighted by Gasteiger charge is -2.35. The van der Waals surface area contributed by atoms with Gasteiger partial charge >= 0.3 is 0 Å². The lowest BCUT2D eigenvalue weighted by atomic mass is 10.1. The molecule has 0 spiro atoms. The maximum atomic E-state index is 2.60. The average Bonchev–Trinajstić information content (AvgIpc) is 2.50. The lowest BCUT2D eigenvalue weighted by Crippen LogP contribution is -2.31. The van der Waals surface area contributed by atoms with Gasteiger partial charge in [0.2, 0.25) is 0 Å². The maximum absolute atomic E-state index is 2.60. The minimum atomic E-state index is 0.509. The number of thioether (sulfide) groups is 1. The van der Waals surface area contributed by atoms with Gasteiger partial charge in [-0.1, -0.05) is 60.7 Å². The average molecular weight is 269 g/mol. The molecule has 1 atom stereocenters. The van der Waals surface area contributed by atoms with Crippen molar-refractivity contribution in [1.82, 2.24) is 4.90 Å². The van der Waals surface area contributed by atoms with E-state index in [1.54, 1.807) is 0 Å². The van der Waals surface area contributed by atoms with Crippen LogP contribution in [0.2, 0.25) is 0 Å². The van der Waals surface area contributed by atoms with E-state index in [2.05, 4.69) is 77.3 Å². The van der Waals surface area contributed by atoms with Crippen molar-refractivity contribution in [1.29, 1.82) is 0 Å². The van der Waals surface area contributed by atoms with Gasteiger partial charge in [0.15, 0.2) is 0 Å². The van der Waals surface area contributed by atoms with Crippen LogP contribution in [-0.4, -0.2) is 17.2 Å². The molecule has 3 rings (SSSR count). The quantitative estimate of drug-likeness (QED) is 0.816. The molecule has 19 heavy (non-hydrogen) atoms. The summed E-state index contributed by atoms with van der Waals surface area (Å²) < 4.78 is 0. The second kappa shape index (κ2) is 6.27. The van der Waals surface area contributed by atoms with Gasteiger partial charge in [-0.3, -0.25) is 4.90 Å². The largest absolute Gasteiger partial charge is 0.283 e. The molecule has 0 aliphatic carbocycles. The van der Waals surface area contributed by atoms with Crippen molar-refractivity contribution in [2.75, 3.05) is 12.3 Å². The molecule has 0 N–H and O–H groups in total. The zero-order valence-corrected chi connectivity index (χ0v) is 11.9. The molecule has 2 heteroatoms. The summed E-state index contributed by atoms with van der Waals surface area (Å²) in [7, 11) is 0. The highest BCUT2D eigenvalue weighted by atomic mass is 32.2. The summed E-state index contributed by atoms with van der Waals surface area (Å²) in [5.41, 5.74) is 2.84. The standard InChI is InChI=1S/C17H19NS/c1-3-8-15(9-4-1)14-18-12-7-13-19-17(18)16-10-5-2-6-11-16/h1-6,8-11,17H,7,12-14H2. The SMILES string of the molecule is c1ccc(CN2CCCSC2c2ccccc2)cc1. The summed E-state index contributed by atoms with van der Waals surface area (Å²) in [6, 6.07) is 21.7. The molecule has 0 radical (unpaired) electrons. The molecule has 1 unspecified atom stereocenters. The molecule has 1 aliphatic heterocycles. The number of hydrogen-bond donors (Lipinski definition) is 0. The predicted octanol–water partition coefficient (Wildman–Crippen LogP) is 4.32. The Labute approximate surface area is 119 Å².